The fourth-order valence-corrected chi connectivity index (χ4v) is 2.51. The largest absolute Gasteiger partial charge is 0.478 e. The molecule has 0 aliphatic heterocycles. The maximum atomic E-state index is 14.2. The molecule has 0 spiro atoms. The number of aliphatic hydroxyl groups is 1. The van der Waals surface area contributed by atoms with Crippen LogP contribution in [0.4, 0.5) is 33.2 Å². The van der Waals surface area contributed by atoms with E-state index in [1.165, 1.54) is 6.08 Å². The number of benzene rings is 1. The minimum absolute atomic E-state index is 0.0165. The summed E-state index contributed by atoms with van der Waals surface area (Å²) in [6.07, 6.45) is 5.67. The van der Waals surface area contributed by atoms with Gasteiger partial charge >= 0.3 is 0 Å². The highest BCUT2D eigenvalue weighted by Gasteiger charge is 2.09. The van der Waals surface area contributed by atoms with E-state index in [0.29, 0.717) is 29.5 Å². The van der Waals surface area contributed by atoms with E-state index in [0.717, 1.165) is 19.0 Å². The Kier molecular flexibility index (Phi) is 14.6. The van der Waals surface area contributed by atoms with Crippen molar-refractivity contribution in [1.82, 2.24) is 15.0 Å². The molecule has 10 heteroatoms. The smallest absolute Gasteiger partial charge is 0.247 e. The van der Waals surface area contributed by atoms with Crippen molar-refractivity contribution in [2.75, 3.05) is 22.6 Å². The first-order valence-corrected chi connectivity index (χ1v) is 12.2. The van der Waals surface area contributed by atoms with Gasteiger partial charge < -0.3 is 25.8 Å². The van der Waals surface area contributed by atoms with Gasteiger partial charge in [0.2, 0.25) is 17.7 Å². The first-order chi connectivity index (χ1) is 17.8. The van der Waals surface area contributed by atoms with Crippen LogP contribution >= 0.6 is 0 Å². The van der Waals surface area contributed by atoms with E-state index in [2.05, 4.69) is 44.4 Å². The number of nitrogens with zero attached hydrogens (tertiary/aromatic N) is 3. The average Bonchev–Trinajstić information content (AvgIpc) is 2.88. The minimum Gasteiger partial charge on any atom is -0.478 e. The fourth-order valence-electron chi connectivity index (χ4n) is 2.51. The van der Waals surface area contributed by atoms with Crippen LogP contribution in [0.5, 0.6) is 5.88 Å². The van der Waals surface area contributed by atoms with Crippen LogP contribution < -0.4 is 20.7 Å². The molecule has 0 aliphatic carbocycles. The zero-order chi connectivity index (χ0) is 27.6. The number of pyridine rings is 1. The summed E-state index contributed by atoms with van der Waals surface area (Å²) >= 11 is 0. The molecule has 2 aromatic heterocycles. The van der Waals surface area contributed by atoms with Crippen molar-refractivity contribution in [3.63, 3.8) is 0 Å². The van der Waals surface area contributed by atoms with E-state index >= 15 is 0 Å². The lowest BCUT2D eigenvalue weighted by Gasteiger charge is -2.11. The Labute approximate surface area is 218 Å². The average molecular weight is 513 g/mol. The van der Waals surface area contributed by atoms with Gasteiger partial charge in [-0.15, -0.1) is 0 Å². The standard InChI is InChI=1S/C22H23FN6O2.C3H8O.C2H6/c1-3-5-11-31-20-10-9-17(13-24-20)28-22-25-14-18(23)21(29-22)27-16-8-6-7-15(12-16)26-19(30)4-2;1-3(2)4;1-2/h4,6-10,12-14H,2-3,5,11H2,1H3,(H,26,30)(H2,25,27,28,29);3-4H,1-2H3;1-2H3. The van der Waals surface area contributed by atoms with Crippen LogP contribution in [0, 0.1) is 5.82 Å². The van der Waals surface area contributed by atoms with E-state index in [1.807, 2.05) is 13.8 Å². The Bertz CT molecular complexity index is 1090. The first-order valence-electron chi connectivity index (χ1n) is 12.2. The zero-order valence-electron chi connectivity index (χ0n) is 22.1. The number of unbranched alkanes of at least 4 members (excludes halogenated alkanes) is 1. The summed E-state index contributed by atoms with van der Waals surface area (Å²) in [5.74, 6) is -0.250. The van der Waals surface area contributed by atoms with Gasteiger partial charge in [0.05, 0.1) is 24.7 Å². The predicted molar refractivity (Wildman–Crippen MR) is 147 cm³/mol. The summed E-state index contributed by atoms with van der Waals surface area (Å²) in [5, 5.41) is 16.6. The Balaban J connectivity index is 0.00000104. The second-order valence-corrected chi connectivity index (χ2v) is 7.60. The van der Waals surface area contributed by atoms with Crippen LogP contribution in [0.3, 0.4) is 0 Å². The molecule has 0 aliphatic rings. The van der Waals surface area contributed by atoms with Gasteiger partial charge in [-0.3, -0.25) is 4.79 Å². The number of carbonyl (C=O) groups is 1. The van der Waals surface area contributed by atoms with Gasteiger partial charge in [0.25, 0.3) is 0 Å². The van der Waals surface area contributed by atoms with Gasteiger partial charge in [-0.05, 0) is 50.6 Å². The lowest BCUT2D eigenvalue weighted by molar-refractivity contribution is -0.111. The lowest BCUT2D eigenvalue weighted by atomic mass is 10.2. The molecular weight excluding hydrogens is 475 g/mol. The molecule has 0 unspecified atom stereocenters. The van der Waals surface area contributed by atoms with Crippen LogP contribution in [-0.2, 0) is 4.79 Å². The number of nitrogens with one attached hydrogen (secondary N) is 3. The molecule has 200 valence electrons. The third-order valence-corrected chi connectivity index (χ3v) is 4.06. The molecule has 1 aromatic carbocycles. The summed E-state index contributed by atoms with van der Waals surface area (Å²) in [7, 11) is 0. The fraction of sp³-hybridized carbons (Fsp3) is 0.333. The van der Waals surface area contributed by atoms with Crippen molar-refractivity contribution in [3.05, 3.63) is 67.3 Å². The summed E-state index contributed by atoms with van der Waals surface area (Å²) in [5.41, 5.74) is 1.71. The summed E-state index contributed by atoms with van der Waals surface area (Å²) in [6.45, 7) is 13.6. The molecule has 0 bridgehead atoms. The van der Waals surface area contributed by atoms with Gasteiger partial charge in [-0.2, -0.15) is 4.98 Å². The number of anilines is 5. The molecule has 37 heavy (non-hydrogen) atoms. The lowest BCUT2D eigenvalue weighted by Crippen LogP contribution is -2.07. The number of aliphatic hydroxyl groups excluding tert-OH is 1. The first kappa shape index (κ1) is 31.0. The van der Waals surface area contributed by atoms with Crippen molar-refractivity contribution in [1.29, 1.82) is 0 Å². The molecule has 1 amide bonds. The van der Waals surface area contributed by atoms with Crippen molar-refractivity contribution in [2.24, 2.45) is 0 Å². The second-order valence-electron chi connectivity index (χ2n) is 7.60. The number of hydrogen-bond acceptors (Lipinski definition) is 8. The van der Waals surface area contributed by atoms with Gasteiger partial charge in [0.15, 0.2) is 11.6 Å². The monoisotopic (exact) mass is 512 g/mol. The molecule has 3 aromatic rings. The molecule has 0 saturated carbocycles. The second kappa shape index (κ2) is 17.4. The van der Waals surface area contributed by atoms with Gasteiger partial charge in [0, 0.05) is 23.5 Å². The summed E-state index contributed by atoms with van der Waals surface area (Å²) in [4.78, 5) is 23.8. The highest BCUT2D eigenvalue weighted by molar-refractivity contribution is 5.99. The SMILES string of the molecule is C=CC(=O)Nc1cccc(Nc2nc(Nc3ccc(OCCCC)nc3)ncc2F)c1.CC.CC(C)O. The van der Waals surface area contributed by atoms with Crippen molar-refractivity contribution in [3.8, 4) is 5.88 Å². The van der Waals surface area contributed by atoms with E-state index in [4.69, 9.17) is 9.84 Å². The quantitative estimate of drug-likeness (QED) is 0.187. The van der Waals surface area contributed by atoms with Crippen molar-refractivity contribution < 1.29 is 19.0 Å². The minimum atomic E-state index is -0.621. The molecule has 0 atom stereocenters. The van der Waals surface area contributed by atoms with Crippen molar-refractivity contribution >= 4 is 34.7 Å². The van der Waals surface area contributed by atoms with Crippen LogP contribution in [0.15, 0.2) is 61.4 Å². The third kappa shape index (κ3) is 12.5. The molecular formula is C27H37FN6O3. The predicted octanol–water partition coefficient (Wildman–Crippen LogP) is 6.21. The topological polar surface area (TPSA) is 121 Å². The number of halogens is 1. The van der Waals surface area contributed by atoms with Gasteiger partial charge in [0.1, 0.15) is 0 Å². The molecule has 0 saturated heterocycles. The van der Waals surface area contributed by atoms with Gasteiger partial charge in [-0.25, -0.2) is 14.4 Å². The molecule has 2 heterocycles. The Morgan fingerprint density at radius 3 is 2.43 bits per heavy atom. The number of hydrogen-bond donors (Lipinski definition) is 4. The molecule has 9 nitrogen and oxygen atoms in total. The maximum absolute atomic E-state index is 14.2. The zero-order valence-corrected chi connectivity index (χ0v) is 22.1. The Hall–Kier alpha value is -4.05. The highest BCUT2D eigenvalue weighted by atomic mass is 19.1. The van der Waals surface area contributed by atoms with E-state index in [-0.39, 0.29) is 23.8 Å². The van der Waals surface area contributed by atoms with E-state index in [1.54, 1.807) is 56.4 Å². The van der Waals surface area contributed by atoms with E-state index < -0.39 is 5.82 Å². The third-order valence-electron chi connectivity index (χ3n) is 4.06. The van der Waals surface area contributed by atoms with Crippen molar-refractivity contribution in [2.45, 2.75) is 53.6 Å². The number of amides is 1. The number of carbonyl (C=O) groups excluding carboxylic acids is 1. The van der Waals surface area contributed by atoms with E-state index in [9.17, 15) is 9.18 Å². The molecule has 3 rings (SSSR count). The molecule has 4 N–H and O–H groups in total. The Morgan fingerprint density at radius 1 is 1.11 bits per heavy atom. The highest BCUT2D eigenvalue weighted by Crippen LogP contribution is 2.23. The number of rotatable bonds is 10. The summed E-state index contributed by atoms with van der Waals surface area (Å²) in [6, 6.07) is 10.3. The van der Waals surface area contributed by atoms with Gasteiger partial charge in [-0.1, -0.05) is 39.8 Å². The van der Waals surface area contributed by atoms with Crippen LogP contribution in [0.1, 0.15) is 47.5 Å². The molecule has 0 radical (unpaired) electrons. The number of ether oxygens (including phenoxy) is 1. The van der Waals surface area contributed by atoms with Crippen LogP contribution in [0.2, 0.25) is 0 Å². The van der Waals surface area contributed by atoms with Crippen LogP contribution in [0.25, 0.3) is 0 Å². The number of aromatic nitrogens is 3. The maximum Gasteiger partial charge on any atom is 0.247 e. The van der Waals surface area contributed by atoms with Crippen LogP contribution in [-0.4, -0.2) is 38.7 Å². The normalized spacial score (nSPS) is 9.73. The molecule has 0 fully saturated rings. The Morgan fingerprint density at radius 2 is 1.81 bits per heavy atom. The summed E-state index contributed by atoms with van der Waals surface area (Å²) < 4.78 is 19.8.